The number of nitrogens with zero attached hydrogens (tertiary/aromatic N) is 4. The number of hydrogen-bond donors (Lipinski definition) is 0. The lowest BCUT2D eigenvalue weighted by atomic mass is 10.0. The molecule has 3 rings (SSSR count). The van der Waals surface area contributed by atoms with Gasteiger partial charge in [0.05, 0.1) is 4.91 Å². The van der Waals surface area contributed by atoms with Crippen molar-refractivity contribution >= 4 is 46.1 Å². The van der Waals surface area contributed by atoms with Crippen molar-refractivity contribution in [3.8, 4) is 6.07 Å². The molecular formula is C23H30N4O2S2. The first-order valence-electron chi connectivity index (χ1n) is 11.1. The first-order chi connectivity index (χ1) is 14.9. The fraction of sp³-hybridized carbons (Fsp3) is 0.565. The van der Waals surface area contributed by atoms with Crippen molar-refractivity contribution in [1.82, 2.24) is 9.47 Å². The molecule has 0 saturated carbocycles. The second kappa shape index (κ2) is 10.5. The van der Waals surface area contributed by atoms with Crippen molar-refractivity contribution in [2.24, 2.45) is 0 Å². The maximum absolute atomic E-state index is 13.2. The second-order valence-corrected chi connectivity index (χ2v) is 9.72. The van der Waals surface area contributed by atoms with E-state index in [1.165, 1.54) is 11.8 Å². The largest absolute Gasteiger partial charge is 0.357 e. The summed E-state index contributed by atoms with van der Waals surface area (Å²) in [6, 6.07) is 2.11. The highest BCUT2D eigenvalue weighted by Gasteiger charge is 2.33. The molecule has 0 radical (unpaired) electrons. The second-order valence-electron chi connectivity index (χ2n) is 8.04. The van der Waals surface area contributed by atoms with E-state index in [0.717, 1.165) is 63.0 Å². The molecule has 2 saturated heterocycles. The predicted octanol–water partition coefficient (Wildman–Crippen LogP) is 4.43. The summed E-state index contributed by atoms with van der Waals surface area (Å²) in [6.07, 6.45) is 7.69. The maximum atomic E-state index is 13.2. The molecule has 3 heterocycles. The summed E-state index contributed by atoms with van der Waals surface area (Å²) in [5, 5.41) is 9.73. The van der Waals surface area contributed by atoms with Gasteiger partial charge in [-0.05, 0) is 44.2 Å². The van der Waals surface area contributed by atoms with E-state index in [-0.39, 0.29) is 17.0 Å². The van der Waals surface area contributed by atoms with Crippen molar-refractivity contribution in [3.05, 3.63) is 31.9 Å². The summed E-state index contributed by atoms with van der Waals surface area (Å²) in [5.41, 5.74) is 1.36. The molecule has 2 aliphatic heterocycles. The molecular weight excluding hydrogens is 428 g/mol. The Kier molecular flexibility index (Phi) is 7.95. The zero-order valence-electron chi connectivity index (χ0n) is 18.6. The number of unbranched alkanes of at least 4 members (excludes halogenated alkanes) is 2. The lowest BCUT2D eigenvalue weighted by Crippen LogP contribution is -2.33. The van der Waals surface area contributed by atoms with Gasteiger partial charge in [-0.3, -0.25) is 19.1 Å². The number of carbonyl (C=O) groups excluding carboxylic acids is 1. The van der Waals surface area contributed by atoms with Gasteiger partial charge in [-0.15, -0.1) is 0 Å². The van der Waals surface area contributed by atoms with Gasteiger partial charge in [0.25, 0.3) is 11.5 Å². The van der Waals surface area contributed by atoms with E-state index in [1.807, 2.05) is 13.0 Å². The summed E-state index contributed by atoms with van der Waals surface area (Å²) in [4.78, 5) is 30.7. The SMILES string of the molecule is CCCCN1C(=O)/C(=C\c2c(C)c(C#N)c(=O)n(CCCC)c2N2CCCC2)SC1=S. The number of nitriles is 1. The third-order valence-corrected chi connectivity index (χ3v) is 7.25. The van der Waals surface area contributed by atoms with Crippen LogP contribution in [-0.2, 0) is 11.3 Å². The van der Waals surface area contributed by atoms with Crippen molar-refractivity contribution in [1.29, 1.82) is 5.26 Å². The molecule has 0 atom stereocenters. The van der Waals surface area contributed by atoms with Gasteiger partial charge < -0.3 is 4.90 Å². The van der Waals surface area contributed by atoms with Gasteiger partial charge in [0.15, 0.2) is 0 Å². The first kappa shape index (κ1) is 23.6. The molecule has 166 valence electrons. The zero-order valence-corrected chi connectivity index (χ0v) is 20.2. The van der Waals surface area contributed by atoms with Crippen LogP contribution in [0.2, 0.25) is 0 Å². The summed E-state index contributed by atoms with van der Waals surface area (Å²) in [5.74, 6) is 0.756. The van der Waals surface area contributed by atoms with Crippen LogP contribution in [0.4, 0.5) is 5.82 Å². The Bertz CT molecular complexity index is 1000. The van der Waals surface area contributed by atoms with Gasteiger partial charge in [0.2, 0.25) is 0 Å². The quantitative estimate of drug-likeness (QED) is 0.424. The third-order valence-electron chi connectivity index (χ3n) is 5.87. The maximum Gasteiger partial charge on any atom is 0.270 e. The number of anilines is 1. The molecule has 1 aromatic heterocycles. The summed E-state index contributed by atoms with van der Waals surface area (Å²) >= 11 is 6.77. The van der Waals surface area contributed by atoms with E-state index in [4.69, 9.17) is 12.2 Å². The molecule has 0 N–H and O–H groups in total. The molecule has 0 unspecified atom stereocenters. The third kappa shape index (κ3) is 4.73. The molecule has 31 heavy (non-hydrogen) atoms. The van der Waals surface area contributed by atoms with Crippen LogP contribution in [0.25, 0.3) is 6.08 Å². The molecule has 0 spiro atoms. The fourth-order valence-electron chi connectivity index (χ4n) is 4.08. The number of thioether (sulfide) groups is 1. The summed E-state index contributed by atoms with van der Waals surface area (Å²) in [7, 11) is 0. The minimum atomic E-state index is -0.233. The minimum Gasteiger partial charge on any atom is -0.357 e. The highest BCUT2D eigenvalue weighted by Crippen LogP contribution is 2.36. The van der Waals surface area contributed by atoms with Crippen LogP contribution < -0.4 is 10.5 Å². The number of thiocarbonyl (C=S) groups is 1. The smallest absolute Gasteiger partial charge is 0.270 e. The number of amides is 1. The van der Waals surface area contributed by atoms with Crippen LogP contribution in [0.1, 0.15) is 69.1 Å². The topological polar surface area (TPSA) is 69.3 Å². The van der Waals surface area contributed by atoms with Gasteiger partial charge in [-0.2, -0.15) is 5.26 Å². The van der Waals surface area contributed by atoms with Crippen molar-refractivity contribution < 1.29 is 4.79 Å². The average molecular weight is 459 g/mol. The van der Waals surface area contributed by atoms with Crippen LogP contribution >= 0.6 is 24.0 Å². The van der Waals surface area contributed by atoms with Crippen molar-refractivity contribution in [2.45, 2.75) is 65.8 Å². The Morgan fingerprint density at radius 3 is 2.39 bits per heavy atom. The minimum absolute atomic E-state index is 0.0833. The van der Waals surface area contributed by atoms with Gasteiger partial charge in [0.1, 0.15) is 21.8 Å². The van der Waals surface area contributed by atoms with E-state index in [0.29, 0.717) is 27.9 Å². The van der Waals surface area contributed by atoms with Crippen molar-refractivity contribution in [3.63, 3.8) is 0 Å². The van der Waals surface area contributed by atoms with E-state index < -0.39 is 0 Å². The number of aromatic nitrogens is 1. The van der Waals surface area contributed by atoms with Gasteiger partial charge in [-0.25, -0.2) is 0 Å². The van der Waals surface area contributed by atoms with E-state index in [2.05, 4.69) is 24.8 Å². The predicted molar refractivity (Wildman–Crippen MR) is 131 cm³/mol. The Balaban J connectivity index is 2.18. The normalized spacial score (nSPS) is 17.8. The van der Waals surface area contributed by atoms with Crippen LogP contribution in [0, 0.1) is 18.3 Å². The highest BCUT2D eigenvalue weighted by molar-refractivity contribution is 8.26. The zero-order chi connectivity index (χ0) is 22.5. The molecule has 6 nitrogen and oxygen atoms in total. The van der Waals surface area contributed by atoms with Gasteiger partial charge >= 0.3 is 0 Å². The summed E-state index contributed by atoms with van der Waals surface area (Å²) in [6.45, 7) is 8.91. The van der Waals surface area contributed by atoms with E-state index >= 15 is 0 Å². The molecule has 0 bridgehead atoms. The molecule has 2 fully saturated rings. The average Bonchev–Trinajstić information content (AvgIpc) is 3.37. The molecule has 1 aromatic rings. The van der Waals surface area contributed by atoms with E-state index in [1.54, 1.807) is 9.47 Å². The monoisotopic (exact) mass is 458 g/mol. The lowest BCUT2D eigenvalue weighted by molar-refractivity contribution is -0.122. The first-order valence-corrected chi connectivity index (χ1v) is 12.3. The van der Waals surface area contributed by atoms with Crippen molar-refractivity contribution in [2.75, 3.05) is 24.5 Å². The summed E-state index contributed by atoms with van der Waals surface area (Å²) < 4.78 is 2.33. The van der Waals surface area contributed by atoms with Crippen LogP contribution in [-0.4, -0.2) is 39.3 Å². The number of hydrogen-bond acceptors (Lipinski definition) is 6. The van der Waals surface area contributed by atoms with Gasteiger partial charge in [0, 0.05) is 31.7 Å². The molecule has 0 aromatic carbocycles. The lowest BCUT2D eigenvalue weighted by Gasteiger charge is -2.27. The van der Waals surface area contributed by atoms with Gasteiger partial charge in [-0.1, -0.05) is 50.7 Å². The van der Waals surface area contributed by atoms with Crippen LogP contribution in [0.5, 0.6) is 0 Å². The molecule has 2 aliphatic rings. The Morgan fingerprint density at radius 2 is 1.77 bits per heavy atom. The Morgan fingerprint density at radius 1 is 1.13 bits per heavy atom. The standard InChI is InChI=1S/C23H30N4O2S2/c1-4-6-12-26-20(25-10-8-9-11-25)17(16(3)18(15-24)21(26)28)14-19-22(29)27(13-7-5-2)23(30)31-19/h14H,4-13H2,1-3H3/b19-14+. The molecule has 8 heteroatoms. The van der Waals surface area contributed by atoms with Crippen LogP contribution in [0.3, 0.4) is 0 Å². The Labute approximate surface area is 193 Å². The number of carbonyl (C=O) groups is 1. The Hall–Kier alpha value is -2.11. The number of rotatable bonds is 8. The highest BCUT2D eigenvalue weighted by atomic mass is 32.2. The van der Waals surface area contributed by atoms with Crippen LogP contribution in [0.15, 0.2) is 9.70 Å². The number of pyridine rings is 1. The van der Waals surface area contributed by atoms with E-state index in [9.17, 15) is 14.9 Å². The molecule has 0 aliphatic carbocycles. The fourth-order valence-corrected chi connectivity index (χ4v) is 5.37. The molecule has 1 amide bonds.